The largest absolute Gasteiger partial charge is 0.503 e. The molecule has 0 atom stereocenters. The second-order valence-corrected chi connectivity index (χ2v) is 5.08. The van der Waals surface area contributed by atoms with Crippen LogP contribution in [0.3, 0.4) is 0 Å². The van der Waals surface area contributed by atoms with Gasteiger partial charge in [0.15, 0.2) is 11.5 Å². The van der Waals surface area contributed by atoms with E-state index < -0.39 is 5.56 Å². The molecule has 2 aromatic rings. The van der Waals surface area contributed by atoms with Crippen molar-refractivity contribution in [3.63, 3.8) is 0 Å². The average molecular weight is 374 g/mol. The van der Waals surface area contributed by atoms with E-state index in [1.807, 2.05) is 0 Å². The smallest absolute Gasteiger partial charge is 0.285 e. The van der Waals surface area contributed by atoms with Gasteiger partial charge in [0.05, 0.1) is 24.0 Å². The average Bonchev–Trinajstić information content (AvgIpc) is 2.47. The molecule has 3 N–H and O–H groups in total. The molecule has 0 aliphatic rings. The highest BCUT2D eigenvalue weighted by Crippen LogP contribution is 2.34. The van der Waals surface area contributed by atoms with Gasteiger partial charge in [-0.1, -0.05) is 11.6 Å². The van der Waals surface area contributed by atoms with E-state index in [0.29, 0.717) is 15.8 Å². The number of benzene rings is 1. The van der Waals surface area contributed by atoms with Crippen molar-refractivity contribution >= 4 is 39.4 Å². The van der Waals surface area contributed by atoms with E-state index in [4.69, 9.17) is 16.3 Å². The Labute approximate surface area is 132 Å². The van der Waals surface area contributed by atoms with Crippen LogP contribution in [0.2, 0.25) is 5.02 Å². The summed E-state index contributed by atoms with van der Waals surface area (Å²) in [5, 5.41) is 19.4. The van der Waals surface area contributed by atoms with Crippen LogP contribution in [0.25, 0.3) is 0 Å². The number of hydrogen-bond donors (Lipinski definition) is 3. The SMILES string of the molecule is COc1cc(/C=N\Nc2cn[nH]c(=O)c2Cl)cc(Br)c1O. The maximum Gasteiger partial charge on any atom is 0.285 e. The van der Waals surface area contributed by atoms with Crippen molar-refractivity contribution in [2.45, 2.75) is 0 Å². The third-order valence-electron chi connectivity index (χ3n) is 2.46. The molecule has 0 bridgehead atoms. The number of nitrogens with zero attached hydrogens (tertiary/aromatic N) is 2. The zero-order chi connectivity index (χ0) is 15.4. The Hall–Kier alpha value is -2.06. The zero-order valence-corrected chi connectivity index (χ0v) is 13.1. The number of methoxy groups -OCH3 is 1. The van der Waals surface area contributed by atoms with Gasteiger partial charge in [-0.25, -0.2) is 5.10 Å². The molecule has 1 aromatic heterocycles. The van der Waals surface area contributed by atoms with Gasteiger partial charge >= 0.3 is 0 Å². The van der Waals surface area contributed by atoms with E-state index in [2.05, 4.69) is 36.7 Å². The van der Waals surface area contributed by atoms with Crippen LogP contribution in [0.15, 0.2) is 32.7 Å². The van der Waals surface area contributed by atoms with Crippen LogP contribution in [0, 0.1) is 0 Å². The Morgan fingerprint density at radius 1 is 1.57 bits per heavy atom. The number of anilines is 1. The molecule has 0 aliphatic carbocycles. The minimum absolute atomic E-state index is 0.00412. The fraction of sp³-hybridized carbons (Fsp3) is 0.0833. The Bertz CT molecular complexity index is 748. The third-order valence-corrected chi connectivity index (χ3v) is 3.44. The third kappa shape index (κ3) is 3.53. The number of nitrogens with one attached hydrogen (secondary N) is 2. The molecule has 110 valence electrons. The summed E-state index contributed by atoms with van der Waals surface area (Å²) >= 11 is 9.00. The van der Waals surface area contributed by atoms with Gasteiger partial charge in [0, 0.05) is 0 Å². The second kappa shape index (κ2) is 6.59. The van der Waals surface area contributed by atoms with Crippen LogP contribution in [-0.4, -0.2) is 28.6 Å². The van der Waals surface area contributed by atoms with Crippen molar-refractivity contribution in [2.24, 2.45) is 5.10 Å². The van der Waals surface area contributed by atoms with Crippen LogP contribution in [-0.2, 0) is 0 Å². The van der Waals surface area contributed by atoms with Gasteiger partial charge in [-0.05, 0) is 33.6 Å². The van der Waals surface area contributed by atoms with Gasteiger partial charge in [-0.15, -0.1) is 0 Å². The first-order chi connectivity index (χ1) is 10.0. The van der Waals surface area contributed by atoms with Crippen molar-refractivity contribution in [3.8, 4) is 11.5 Å². The van der Waals surface area contributed by atoms with Crippen LogP contribution in [0.4, 0.5) is 5.69 Å². The molecule has 0 fully saturated rings. The molecule has 0 aliphatic heterocycles. The summed E-state index contributed by atoms with van der Waals surface area (Å²) in [6.45, 7) is 0. The maximum absolute atomic E-state index is 11.2. The van der Waals surface area contributed by atoms with E-state index >= 15 is 0 Å². The van der Waals surface area contributed by atoms with Crippen molar-refractivity contribution < 1.29 is 9.84 Å². The summed E-state index contributed by atoms with van der Waals surface area (Å²) in [6, 6.07) is 3.25. The highest BCUT2D eigenvalue weighted by Gasteiger charge is 2.07. The number of aromatic amines is 1. The minimum atomic E-state index is -0.508. The summed E-state index contributed by atoms with van der Waals surface area (Å²) in [5.41, 5.74) is 3.05. The number of aromatic hydroxyl groups is 1. The second-order valence-electron chi connectivity index (χ2n) is 3.85. The Kier molecular flexibility index (Phi) is 4.81. The number of phenolic OH excluding ortho intramolecular Hbond substituents is 1. The lowest BCUT2D eigenvalue weighted by molar-refractivity contribution is 0.372. The number of H-pyrrole nitrogens is 1. The van der Waals surface area contributed by atoms with Crippen LogP contribution >= 0.6 is 27.5 Å². The van der Waals surface area contributed by atoms with Crippen LogP contribution < -0.4 is 15.7 Å². The number of ether oxygens (including phenoxy) is 1. The fourth-order valence-electron chi connectivity index (χ4n) is 1.46. The number of aromatic nitrogens is 2. The number of hydrazone groups is 1. The molecule has 0 amide bonds. The molecule has 1 heterocycles. The Morgan fingerprint density at radius 2 is 2.33 bits per heavy atom. The number of phenols is 1. The molecule has 0 saturated heterocycles. The van der Waals surface area contributed by atoms with Gasteiger partial charge in [0.25, 0.3) is 5.56 Å². The lowest BCUT2D eigenvalue weighted by Gasteiger charge is -2.06. The Balaban J connectivity index is 2.20. The normalized spacial score (nSPS) is 10.8. The van der Waals surface area contributed by atoms with Gasteiger partial charge in [0.1, 0.15) is 10.7 Å². The highest BCUT2D eigenvalue weighted by molar-refractivity contribution is 9.10. The van der Waals surface area contributed by atoms with Gasteiger partial charge in [-0.3, -0.25) is 10.2 Å². The van der Waals surface area contributed by atoms with E-state index in [-0.39, 0.29) is 16.5 Å². The van der Waals surface area contributed by atoms with E-state index in [9.17, 15) is 9.90 Å². The first-order valence-corrected chi connectivity index (χ1v) is 6.78. The molecule has 9 heteroatoms. The molecule has 0 spiro atoms. The fourth-order valence-corrected chi connectivity index (χ4v) is 2.05. The molecule has 21 heavy (non-hydrogen) atoms. The van der Waals surface area contributed by atoms with Crippen LogP contribution in [0.5, 0.6) is 11.5 Å². The lowest BCUT2D eigenvalue weighted by Crippen LogP contribution is -2.10. The zero-order valence-electron chi connectivity index (χ0n) is 10.7. The predicted octanol–water partition coefficient (Wildman–Crippen LogP) is 2.35. The van der Waals surface area contributed by atoms with Crippen LogP contribution in [0.1, 0.15) is 5.56 Å². The van der Waals surface area contributed by atoms with Crippen molar-refractivity contribution in [2.75, 3.05) is 12.5 Å². The standard InChI is InChI=1S/C12H10BrClN4O3/c1-21-9-3-6(2-7(13)11(9)19)4-15-17-8-5-16-18-12(20)10(8)14/h2-5,19H,1H3,(H2,17,18,20)/b15-4-. The number of hydrogen-bond acceptors (Lipinski definition) is 6. The Morgan fingerprint density at radius 3 is 3.05 bits per heavy atom. The summed E-state index contributed by atoms with van der Waals surface area (Å²) in [7, 11) is 1.45. The van der Waals surface area contributed by atoms with Gasteiger partial charge < -0.3 is 9.84 Å². The molecule has 7 nitrogen and oxygen atoms in total. The molecule has 0 saturated carbocycles. The summed E-state index contributed by atoms with van der Waals surface area (Å²) in [4.78, 5) is 11.2. The van der Waals surface area contributed by atoms with Crippen molar-refractivity contribution in [3.05, 3.63) is 43.7 Å². The lowest BCUT2D eigenvalue weighted by atomic mass is 10.2. The molecule has 1 aromatic carbocycles. The first kappa shape index (κ1) is 15.3. The number of halogens is 2. The van der Waals surface area contributed by atoms with Crippen molar-refractivity contribution in [1.29, 1.82) is 0 Å². The molecule has 0 unspecified atom stereocenters. The highest BCUT2D eigenvalue weighted by atomic mass is 79.9. The van der Waals surface area contributed by atoms with E-state index in [1.165, 1.54) is 19.5 Å². The maximum atomic E-state index is 11.2. The predicted molar refractivity (Wildman–Crippen MR) is 83.4 cm³/mol. The minimum Gasteiger partial charge on any atom is -0.503 e. The molecular weight excluding hydrogens is 364 g/mol. The summed E-state index contributed by atoms with van der Waals surface area (Å²) < 4.78 is 5.50. The molecule has 2 rings (SSSR count). The topological polar surface area (TPSA) is 99.6 Å². The number of rotatable bonds is 4. The van der Waals surface area contributed by atoms with E-state index in [1.54, 1.807) is 12.1 Å². The summed E-state index contributed by atoms with van der Waals surface area (Å²) in [6.07, 6.45) is 2.82. The first-order valence-electron chi connectivity index (χ1n) is 5.61. The van der Waals surface area contributed by atoms with Gasteiger partial charge in [-0.2, -0.15) is 10.2 Å². The monoisotopic (exact) mass is 372 g/mol. The van der Waals surface area contributed by atoms with E-state index in [0.717, 1.165) is 0 Å². The molecular formula is C12H10BrClN4O3. The van der Waals surface area contributed by atoms with Crippen molar-refractivity contribution in [1.82, 2.24) is 10.2 Å². The molecule has 0 radical (unpaired) electrons. The quantitative estimate of drug-likeness (QED) is 0.564. The summed E-state index contributed by atoms with van der Waals surface area (Å²) in [5.74, 6) is 0.311. The van der Waals surface area contributed by atoms with Gasteiger partial charge in [0.2, 0.25) is 0 Å².